The van der Waals surface area contributed by atoms with Crippen molar-refractivity contribution in [2.24, 2.45) is 0 Å². The van der Waals surface area contributed by atoms with Crippen LogP contribution in [0.3, 0.4) is 0 Å². The van der Waals surface area contributed by atoms with Crippen molar-refractivity contribution in [1.29, 1.82) is 0 Å². The van der Waals surface area contributed by atoms with Crippen molar-refractivity contribution in [2.45, 2.75) is 13.0 Å². The molecule has 1 saturated heterocycles. The average Bonchev–Trinajstić information content (AvgIpc) is 2.44. The molecule has 2 N–H and O–H groups in total. The number of hydrogen-bond acceptors (Lipinski definition) is 4. The van der Waals surface area contributed by atoms with Crippen molar-refractivity contribution in [3.8, 4) is 0 Å². The number of rotatable bonds is 6. The molecule has 0 saturated carbocycles. The van der Waals surface area contributed by atoms with E-state index < -0.39 is 0 Å². The first-order chi connectivity index (χ1) is 9.06. The van der Waals surface area contributed by atoms with Gasteiger partial charge in [-0.1, -0.05) is 6.08 Å². The third kappa shape index (κ3) is 5.00. The molecule has 19 heavy (non-hydrogen) atoms. The molecule has 0 aromatic rings. The van der Waals surface area contributed by atoms with E-state index in [0.717, 1.165) is 26.2 Å². The Morgan fingerprint density at radius 3 is 2.68 bits per heavy atom. The maximum Gasteiger partial charge on any atom is 0.237 e. The summed E-state index contributed by atoms with van der Waals surface area (Å²) in [6.07, 6.45) is 1.64. The van der Waals surface area contributed by atoms with Crippen molar-refractivity contribution in [1.82, 2.24) is 20.4 Å². The van der Waals surface area contributed by atoms with Crippen LogP contribution >= 0.6 is 0 Å². The van der Waals surface area contributed by atoms with Gasteiger partial charge in [-0.15, -0.1) is 6.58 Å². The van der Waals surface area contributed by atoms with E-state index in [1.165, 1.54) is 0 Å². The molecule has 108 valence electrons. The maximum absolute atomic E-state index is 12.1. The topological polar surface area (TPSA) is 64.7 Å². The Labute approximate surface area is 114 Å². The Morgan fingerprint density at radius 2 is 2.11 bits per heavy atom. The number of likely N-dealkylation sites (N-methyl/N-ethyl adjacent to an activating group) is 1. The summed E-state index contributed by atoms with van der Waals surface area (Å²) in [4.78, 5) is 27.4. The van der Waals surface area contributed by atoms with E-state index in [-0.39, 0.29) is 24.4 Å². The predicted molar refractivity (Wildman–Crippen MR) is 74.7 cm³/mol. The van der Waals surface area contributed by atoms with Crippen molar-refractivity contribution in [2.75, 3.05) is 46.3 Å². The molecule has 0 aromatic carbocycles. The third-order valence-electron chi connectivity index (χ3n) is 3.32. The number of hydrogen-bond donors (Lipinski definition) is 2. The minimum absolute atomic E-state index is 0.0763. The van der Waals surface area contributed by atoms with E-state index in [2.05, 4.69) is 17.2 Å². The monoisotopic (exact) mass is 268 g/mol. The van der Waals surface area contributed by atoms with Crippen LogP contribution < -0.4 is 10.6 Å². The molecule has 1 heterocycles. The number of piperazine rings is 1. The number of amides is 2. The molecule has 2 amide bonds. The van der Waals surface area contributed by atoms with E-state index in [1.807, 2.05) is 4.90 Å². The lowest BCUT2D eigenvalue weighted by molar-refractivity contribution is -0.134. The molecule has 0 aromatic heterocycles. The van der Waals surface area contributed by atoms with Gasteiger partial charge in [0.1, 0.15) is 0 Å². The third-order valence-corrected chi connectivity index (χ3v) is 3.32. The second-order valence-electron chi connectivity index (χ2n) is 4.76. The zero-order valence-electron chi connectivity index (χ0n) is 11.8. The Balaban J connectivity index is 2.39. The number of nitrogens with zero attached hydrogens (tertiary/aromatic N) is 2. The van der Waals surface area contributed by atoms with E-state index in [4.69, 9.17) is 0 Å². The highest BCUT2D eigenvalue weighted by Crippen LogP contribution is 2.00. The smallest absolute Gasteiger partial charge is 0.237 e. The fraction of sp³-hybridized carbons (Fsp3) is 0.692. The van der Waals surface area contributed by atoms with Crippen molar-refractivity contribution in [3.63, 3.8) is 0 Å². The standard InChI is InChI=1S/C13H24N4O2/c1-4-5-15-13(19)11(2)16(3)10-12(18)17-8-6-14-7-9-17/h4,11,14H,1,5-10H2,2-3H3,(H,15,19). The van der Waals surface area contributed by atoms with Crippen LogP contribution in [0.1, 0.15) is 6.92 Å². The fourth-order valence-electron chi connectivity index (χ4n) is 1.89. The normalized spacial score (nSPS) is 17.1. The quantitative estimate of drug-likeness (QED) is 0.609. The van der Waals surface area contributed by atoms with Crippen LogP contribution in [0.4, 0.5) is 0 Å². The van der Waals surface area contributed by atoms with Crippen LogP contribution in [-0.2, 0) is 9.59 Å². The second kappa shape index (κ2) is 7.91. The SMILES string of the molecule is C=CCNC(=O)C(C)N(C)CC(=O)N1CCNCC1. The summed E-state index contributed by atoms with van der Waals surface area (Å²) in [7, 11) is 1.79. The molecule has 1 atom stereocenters. The molecular weight excluding hydrogens is 244 g/mol. The van der Waals surface area contributed by atoms with Crippen LogP contribution in [0.2, 0.25) is 0 Å². The highest BCUT2D eigenvalue weighted by Gasteiger charge is 2.22. The lowest BCUT2D eigenvalue weighted by Crippen LogP contribution is -2.51. The molecular formula is C13H24N4O2. The molecule has 1 aliphatic heterocycles. The Hall–Kier alpha value is -1.40. The molecule has 1 rings (SSSR count). The maximum atomic E-state index is 12.1. The van der Waals surface area contributed by atoms with Gasteiger partial charge in [-0.25, -0.2) is 0 Å². The van der Waals surface area contributed by atoms with Gasteiger partial charge in [0.25, 0.3) is 0 Å². The average molecular weight is 268 g/mol. The molecule has 1 fully saturated rings. The Bertz CT molecular complexity index is 327. The zero-order chi connectivity index (χ0) is 14.3. The summed E-state index contributed by atoms with van der Waals surface area (Å²) in [6.45, 7) is 9.22. The molecule has 0 spiro atoms. The first kappa shape index (κ1) is 15.7. The van der Waals surface area contributed by atoms with Gasteiger partial charge in [0.2, 0.25) is 11.8 Å². The van der Waals surface area contributed by atoms with Gasteiger partial charge >= 0.3 is 0 Å². The van der Waals surface area contributed by atoms with Gasteiger partial charge in [0.05, 0.1) is 12.6 Å². The minimum Gasteiger partial charge on any atom is -0.351 e. The van der Waals surface area contributed by atoms with Gasteiger partial charge in [-0.05, 0) is 14.0 Å². The molecule has 6 nitrogen and oxygen atoms in total. The van der Waals surface area contributed by atoms with Crippen molar-refractivity contribution in [3.05, 3.63) is 12.7 Å². The Morgan fingerprint density at radius 1 is 1.47 bits per heavy atom. The van der Waals surface area contributed by atoms with Crippen LogP contribution in [-0.4, -0.2) is 74.0 Å². The van der Waals surface area contributed by atoms with E-state index in [0.29, 0.717) is 6.54 Å². The van der Waals surface area contributed by atoms with Gasteiger partial charge in [0.15, 0.2) is 0 Å². The zero-order valence-corrected chi connectivity index (χ0v) is 11.8. The molecule has 0 aliphatic carbocycles. The minimum atomic E-state index is -0.327. The highest BCUT2D eigenvalue weighted by atomic mass is 16.2. The summed E-state index contributed by atoms with van der Waals surface area (Å²) in [5.41, 5.74) is 0. The van der Waals surface area contributed by atoms with Crippen LogP contribution in [0.15, 0.2) is 12.7 Å². The van der Waals surface area contributed by atoms with Gasteiger partial charge < -0.3 is 15.5 Å². The van der Waals surface area contributed by atoms with Gasteiger partial charge in [-0.3, -0.25) is 14.5 Å². The molecule has 0 radical (unpaired) electrons. The molecule has 6 heteroatoms. The van der Waals surface area contributed by atoms with Crippen molar-refractivity contribution < 1.29 is 9.59 Å². The summed E-state index contributed by atoms with van der Waals surface area (Å²) < 4.78 is 0. The summed E-state index contributed by atoms with van der Waals surface area (Å²) >= 11 is 0. The first-order valence-corrected chi connectivity index (χ1v) is 6.63. The summed E-state index contributed by atoms with van der Waals surface area (Å²) in [6, 6.07) is -0.327. The number of carbonyl (C=O) groups excluding carboxylic acids is 2. The van der Waals surface area contributed by atoms with Crippen LogP contribution in [0.5, 0.6) is 0 Å². The molecule has 1 aliphatic rings. The lowest BCUT2D eigenvalue weighted by Gasteiger charge is -2.30. The molecule has 0 bridgehead atoms. The van der Waals surface area contributed by atoms with Crippen LogP contribution in [0.25, 0.3) is 0 Å². The summed E-state index contributed by atoms with van der Waals surface area (Å²) in [5.74, 6) is -0.0112. The lowest BCUT2D eigenvalue weighted by atomic mass is 10.2. The van der Waals surface area contributed by atoms with Crippen molar-refractivity contribution >= 4 is 11.8 Å². The fourth-order valence-corrected chi connectivity index (χ4v) is 1.89. The largest absolute Gasteiger partial charge is 0.351 e. The van der Waals surface area contributed by atoms with E-state index in [1.54, 1.807) is 24.9 Å². The number of nitrogens with one attached hydrogen (secondary N) is 2. The predicted octanol–water partition coefficient (Wildman–Crippen LogP) is -0.959. The van der Waals surface area contributed by atoms with Gasteiger partial charge in [-0.2, -0.15) is 0 Å². The summed E-state index contributed by atoms with van der Waals surface area (Å²) in [5, 5.41) is 5.94. The number of carbonyl (C=O) groups is 2. The Kier molecular flexibility index (Phi) is 6.52. The van der Waals surface area contributed by atoms with E-state index in [9.17, 15) is 9.59 Å². The highest BCUT2D eigenvalue weighted by molar-refractivity contribution is 5.83. The first-order valence-electron chi connectivity index (χ1n) is 6.63. The van der Waals surface area contributed by atoms with E-state index >= 15 is 0 Å². The molecule has 1 unspecified atom stereocenters. The van der Waals surface area contributed by atoms with Gasteiger partial charge in [0, 0.05) is 32.7 Å². The second-order valence-corrected chi connectivity index (χ2v) is 4.76. The van der Waals surface area contributed by atoms with Crippen LogP contribution in [0, 0.1) is 0 Å².